The molecule has 0 N–H and O–H groups in total. The van der Waals surface area contributed by atoms with Crippen LogP contribution in [0, 0.1) is 17.7 Å². The van der Waals surface area contributed by atoms with Crippen LogP contribution in [0.5, 0.6) is 0 Å². The highest BCUT2D eigenvalue weighted by Gasteiger charge is 2.27. The predicted molar refractivity (Wildman–Crippen MR) is 138 cm³/mol. The van der Waals surface area contributed by atoms with Gasteiger partial charge in [0.25, 0.3) is 0 Å². The summed E-state index contributed by atoms with van der Waals surface area (Å²) in [7, 11) is 0. The molecule has 0 aliphatic heterocycles. The predicted octanol–water partition coefficient (Wildman–Crippen LogP) is 8.39. The Bertz CT molecular complexity index is 1400. The molecular formula is C32H26F4. The number of halogens is 4. The lowest BCUT2D eigenvalue weighted by Gasteiger charge is -2.09. The van der Waals surface area contributed by atoms with Gasteiger partial charge in [0.15, 0.2) is 0 Å². The molecule has 4 heteroatoms. The summed E-state index contributed by atoms with van der Waals surface area (Å²) in [4.78, 5) is 0. The highest BCUT2D eigenvalue weighted by molar-refractivity contribution is 5.85. The largest absolute Gasteiger partial charge is 0.393 e. The third-order valence-electron chi connectivity index (χ3n) is 6.09. The molecule has 4 aromatic carbocycles. The SMILES string of the molecule is C=CCCc1ccc(C#Cc2ccc3c(F)c(CCc4ccc(CC(F)(F)F)cc4)ccc3c2)cc1. The number of aryl methyl sites for hydroxylation is 3. The Morgan fingerprint density at radius 2 is 1.31 bits per heavy atom. The monoisotopic (exact) mass is 486 g/mol. The van der Waals surface area contributed by atoms with Crippen LogP contribution in [0.2, 0.25) is 0 Å². The molecule has 0 nitrogen and oxygen atoms in total. The fraction of sp³-hybridized carbons (Fsp3) is 0.188. The maximum Gasteiger partial charge on any atom is 0.393 e. The summed E-state index contributed by atoms with van der Waals surface area (Å²) in [6, 6.07) is 23.6. The van der Waals surface area contributed by atoms with Crippen LogP contribution in [0.3, 0.4) is 0 Å². The van der Waals surface area contributed by atoms with Gasteiger partial charge in [0.05, 0.1) is 6.42 Å². The minimum Gasteiger partial charge on any atom is -0.206 e. The zero-order chi connectivity index (χ0) is 25.5. The van der Waals surface area contributed by atoms with Gasteiger partial charge in [-0.1, -0.05) is 72.5 Å². The quantitative estimate of drug-likeness (QED) is 0.140. The van der Waals surface area contributed by atoms with Crippen molar-refractivity contribution in [2.45, 2.75) is 38.3 Å². The summed E-state index contributed by atoms with van der Waals surface area (Å²) < 4.78 is 52.7. The number of fused-ring (bicyclic) bond motifs is 1. The van der Waals surface area contributed by atoms with Crippen LogP contribution in [-0.4, -0.2) is 6.18 Å². The maximum atomic E-state index is 15.2. The molecule has 0 aliphatic rings. The second kappa shape index (κ2) is 11.3. The average Bonchev–Trinajstić information content (AvgIpc) is 2.86. The first-order valence-electron chi connectivity index (χ1n) is 11.9. The lowest BCUT2D eigenvalue weighted by atomic mass is 9.98. The summed E-state index contributed by atoms with van der Waals surface area (Å²) in [5.41, 5.74) is 4.66. The van der Waals surface area contributed by atoms with Crippen molar-refractivity contribution in [3.63, 3.8) is 0 Å². The van der Waals surface area contributed by atoms with E-state index in [4.69, 9.17) is 0 Å². The van der Waals surface area contributed by atoms with E-state index < -0.39 is 12.6 Å². The van der Waals surface area contributed by atoms with Crippen LogP contribution in [0.25, 0.3) is 10.8 Å². The first-order chi connectivity index (χ1) is 17.3. The van der Waals surface area contributed by atoms with Crippen molar-refractivity contribution in [3.05, 3.63) is 131 Å². The molecule has 0 spiro atoms. The van der Waals surface area contributed by atoms with Crippen LogP contribution in [0.15, 0.2) is 91.5 Å². The first-order valence-corrected chi connectivity index (χ1v) is 11.9. The Labute approximate surface area is 209 Å². The second-order valence-electron chi connectivity index (χ2n) is 8.86. The third kappa shape index (κ3) is 6.86. The molecule has 0 aromatic heterocycles. The van der Waals surface area contributed by atoms with Crippen LogP contribution in [-0.2, 0) is 25.7 Å². The number of rotatable bonds is 7. The molecule has 0 unspecified atom stereocenters. The van der Waals surface area contributed by atoms with Gasteiger partial charge in [-0.05, 0) is 77.6 Å². The molecule has 4 aromatic rings. The summed E-state index contributed by atoms with van der Waals surface area (Å²) in [5.74, 6) is 6.05. The molecule has 0 atom stereocenters. The van der Waals surface area contributed by atoms with E-state index in [2.05, 4.69) is 30.6 Å². The van der Waals surface area contributed by atoms with Gasteiger partial charge in [-0.15, -0.1) is 6.58 Å². The van der Waals surface area contributed by atoms with Gasteiger partial charge < -0.3 is 0 Å². The molecule has 36 heavy (non-hydrogen) atoms. The molecule has 0 amide bonds. The molecule has 0 saturated heterocycles. The van der Waals surface area contributed by atoms with Gasteiger partial charge in [0, 0.05) is 16.5 Å². The Kier molecular flexibility index (Phi) is 7.90. The maximum absolute atomic E-state index is 15.2. The van der Waals surface area contributed by atoms with E-state index >= 15 is 4.39 Å². The number of hydrogen-bond donors (Lipinski definition) is 0. The highest BCUT2D eigenvalue weighted by Crippen LogP contribution is 2.25. The standard InChI is InChI=1S/C32H26F4/c1-2-3-4-23-5-7-24(8-6-23)9-12-26-16-20-30-29(21-26)19-18-28(31(30)33)17-15-25-10-13-27(14-11-25)22-32(34,35)36/h2,5-8,10-11,13-14,16,18-21H,1,3-4,15,17,22H2. The molecule has 0 bridgehead atoms. The zero-order valence-electron chi connectivity index (χ0n) is 19.8. The Balaban J connectivity index is 1.43. The van der Waals surface area contributed by atoms with Gasteiger partial charge >= 0.3 is 6.18 Å². The zero-order valence-corrected chi connectivity index (χ0v) is 19.8. The van der Waals surface area contributed by atoms with Crippen molar-refractivity contribution in [1.82, 2.24) is 0 Å². The van der Waals surface area contributed by atoms with Crippen molar-refractivity contribution in [3.8, 4) is 11.8 Å². The van der Waals surface area contributed by atoms with Gasteiger partial charge in [0.1, 0.15) is 5.82 Å². The van der Waals surface area contributed by atoms with E-state index in [1.54, 1.807) is 24.3 Å². The summed E-state index contributed by atoms with van der Waals surface area (Å²) in [5, 5.41) is 1.31. The van der Waals surface area contributed by atoms with Gasteiger partial charge in [0.2, 0.25) is 0 Å². The lowest BCUT2D eigenvalue weighted by Crippen LogP contribution is -2.11. The number of benzene rings is 4. The number of alkyl halides is 3. The molecule has 0 fully saturated rings. The Morgan fingerprint density at radius 3 is 2.00 bits per heavy atom. The minimum atomic E-state index is -4.22. The molecule has 4 rings (SSSR count). The van der Waals surface area contributed by atoms with E-state index in [-0.39, 0.29) is 11.4 Å². The molecule has 0 saturated carbocycles. The van der Waals surface area contributed by atoms with E-state index in [1.807, 2.05) is 36.4 Å². The number of hydrogen-bond acceptors (Lipinski definition) is 0. The smallest absolute Gasteiger partial charge is 0.206 e. The topological polar surface area (TPSA) is 0 Å². The van der Waals surface area contributed by atoms with Crippen molar-refractivity contribution >= 4 is 10.8 Å². The Morgan fingerprint density at radius 1 is 0.694 bits per heavy atom. The van der Waals surface area contributed by atoms with E-state index in [1.165, 1.54) is 17.7 Å². The molecule has 0 aliphatic carbocycles. The van der Waals surface area contributed by atoms with Crippen molar-refractivity contribution < 1.29 is 17.6 Å². The first kappa shape index (κ1) is 25.3. The fourth-order valence-electron chi connectivity index (χ4n) is 4.11. The summed E-state index contributed by atoms with van der Waals surface area (Å²) in [6.45, 7) is 3.75. The fourth-order valence-corrected chi connectivity index (χ4v) is 4.11. The minimum absolute atomic E-state index is 0.225. The normalized spacial score (nSPS) is 11.2. The van der Waals surface area contributed by atoms with Crippen molar-refractivity contribution in [1.29, 1.82) is 0 Å². The van der Waals surface area contributed by atoms with Crippen LogP contribution in [0.1, 0.15) is 39.8 Å². The molecule has 0 radical (unpaired) electrons. The van der Waals surface area contributed by atoms with Crippen LogP contribution < -0.4 is 0 Å². The molecule has 182 valence electrons. The average molecular weight is 487 g/mol. The van der Waals surface area contributed by atoms with Gasteiger partial charge in [-0.3, -0.25) is 0 Å². The van der Waals surface area contributed by atoms with E-state index in [9.17, 15) is 13.2 Å². The lowest BCUT2D eigenvalue weighted by molar-refractivity contribution is -0.127. The molecule has 0 heterocycles. The third-order valence-corrected chi connectivity index (χ3v) is 6.09. The van der Waals surface area contributed by atoms with Crippen LogP contribution >= 0.6 is 0 Å². The molecular weight excluding hydrogens is 460 g/mol. The van der Waals surface area contributed by atoms with Crippen molar-refractivity contribution in [2.75, 3.05) is 0 Å². The summed E-state index contributed by atoms with van der Waals surface area (Å²) in [6.07, 6.45) is -0.348. The van der Waals surface area contributed by atoms with E-state index in [0.717, 1.165) is 34.9 Å². The summed E-state index contributed by atoms with van der Waals surface area (Å²) >= 11 is 0. The van der Waals surface area contributed by atoms with Gasteiger partial charge in [-0.25, -0.2) is 4.39 Å². The second-order valence-corrected chi connectivity index (χ2v) is 8.86. The van der Waals surface area contributed by atoms with Crippen LogP contribution in [0.4, 0.5) is 17.6 Å². The Hall–Kier alpha value is -3.84. The highest BCUT2D eigenvalue weighted by atomic mass is 19.4. The van der Waals surface area contributed by atoms with Crippen molar-refractivity contribution in [2.24, 2.45) is 0 Å². The van der Waals surface area contributed by atoms with Gasteiger partial charge in [-0.2, -0.15) is 13.2 Å². The van der Waals surface area contributed by atoms with E-state index in [0.29, 0.717) is 23.8 Å². The number of allylic oxidation sites excluding steroid dienone is 1.